The molecule has 2 heterocycles. The highest BCUT2D eigenvalue weighted by Gasteiger charge is 2.30. The van der Waals surface area contributed by atoms with Gasteiger partial charge in [0.15, 0.2) is 5.82 Å². The molecule has 24 heavy (non-hydrogen) atoms. The first-order chi connectivity index (χ1) is 11.4. The predicted molar refractivity (Wildman–Crippen MR) is 85.1 cm³/mol. The fraction of sp³-hybridized carbons (Fsp3) is 0.412. The summed E-state index contributed by atoms with van der Waals surface area (Å²) in [5.41, 5.74) is 0.155. The van der Waals surface area contributed by atoms with E-state index in [0.717, 1.165) is 30.5 Å². The molecule has 0 atom stereocenters. The first-order valence-electron chi connectivity index (χ1n) is 7.80. The Morgan fingerprint density at radius 2 is 1.75 bits per heavy atom. The van der Waals surface area contributed by atoms with Crippen LogP contribution < -0.4 is 10.5 Å². The maximum atomic E-state index is 12.6. The number of hydrogen-bond acceptors (Lipinski definition) is 3. The summed E-state index contributed by atoms with van der Waals surface area (Å²) in [4.78, 5) is 18.2. The van der Waals surface area contributed by atoms with Gasteiger partial charge >= 0.3 is 6.18 Å². The Balaban J connectivity index is 1.69. The lowest BCUT2D eigenvalue weighted by atomic mass is 9.89. The maximum Gasteiger partial charge on any atom is 0.416 e. The Kier molecular flexibility index (Phi) is 4.34. The van der Waals surface area contributed by atoms with Crippen LogP contribution in [-0.4, -0.2) is 22.6 Å². The molecule has 4 nitrogen and oxygen atoms in total. The summed E-state index contributed by atoms with van der Waals surface area (Å²) in [5, 5.41) is 0. The topological polar surface area (TPSA) is 38.1 Å². The third kappa shape index (κ3) is 3.29. The molecule has 3 rings (SSSR count). The van der Waals surface area contributed by atoms with E-state index in [9.17, 15) is 18.0 Å². The molecule has 7 heteroatoms. The summed E-state index contributed by atoms with van der Waals surface area (Å²) in [6.07, 6.45) is 0.469. The quantitative estimate of drug-likeness (QED) is 0.845. The molecule has 0 aliphatic carbocycles. The van der Waals surface area contributed by atoms with Crippen molar-refractivity contribution in [2.24, 2.45) is 7.05 Å². The minimum absolute atomic E-state index is 0.134. The van der Waals surface area contributed by atoms with Crippen molar-refractivity contribution in [2.75, 3.05) is 18.0 Å². The number of aromatic nitrogens is 2. The Morgan fingerprint density at radius 3 is 2.33 bits per heavy atom. The van der Waals surface area contributed by atoms with E-state index in [0.29, 0.717) is 18.9 Å². The first kappa shape index (κ1) is 16.5. The third-order valence-electron chi connectivity index (χ3n) is 4.50. The lowest BCUT2D eigenvalue weighted by Gasteiger charge is -2.32. The van der Waals surface area contributed by atoms with Crippen molar-refractivity contribution in [3.8, 4) is 0 Å². The second-order valence-corrected chi connectivity index (χ2v) is 6.05. The molecule has 0 bridgehead atoms. The van der Waals surface area contributed by atoms with Gasteiger partial charge in [-0.1, -0.05) is 12.1 Å². The predicted octanol–water partition coefficient (Wildman–Crippen LogP) is 3.18. The van der Waals surface area contributed by atoms with Crippen LogP contribution in [0.1, 0.15) is 29.9 Å². The summed E-state index contributed by atoms with van der Waals surface area (Å²) < 4.78 is 39.4. The molecule has 1 aliphatic heterocycles. The van der Waals surface area contributed by atoms with Crippen molar-refractivity contribution in [1.82, 2.24) is 9.55 Å². The Labute approximate surface area is 137 Å². The van der Waals surface area contributed by atoms with Crippen LogP contribution in [0.3, 0.4) is 0 Å². The lowest BCUT2D eigenvalue weighted by Crippen LogP contribution is -2.38. The number of hydrogen-bond donors (Lipinski definition) is 0. The first-order valence-corrected chi connectivity index (χ1v) is 7.80. The third-order valence-corrected chi connectivity index (χ3v) is 4.50. The molecule has 0 unspecified atom stereocenters. The van der Waals surface area contributed by atoms with E-state index in [2.05, 4.69) is 4.98 Å². The van der Waals surface area contributed by atoms with Crippen molar-refractivity contribution < 1.29 is 13.2 Å². The van der Waals surface area contributed by atoms with Gasteiger partial charge in [0.1, 0.15) is 0 Å². The van der Waals surface area contributed by atoms with Crippen LogP contribution in [0.5, 0.6) is 0 Å². The van der Waals surface area contributed by atoms with Gasteiger partial charge in [-0.2, -0.15) is 13.2 Å². The van der Waals surface area contributed by atoms with Crippen LogP contribution >= 0.6 is 0 Å². The Morgan fingerprint density at radius 1 is 1.12 bits per heavy atom. The van der Waals surface area contributed by atoms with E-state index in [1.54, 1.807) is 31.6 Å². The van der Waals surface area contributed by atoms with Crippen LogP contribution in [0.25, 0.3) is 0 Å². The molecular formula is C17H18F3N3O. The van der Waals surface area contributed by atoms with Gasteiger partial charge in [0.05, 0.1) is 5.56 Å². The molecule has 0 spiro atoms. The molecule has 0 radical (unpaired) electrons. The van der Waals surface area contributed by atoms with Crippen molar-refractivity contribution in [3.05, 3.63) is 58.1 Å². The second-order valence-electron chi connectivity index (χ2n) is 6.05. The monoisotopic (exact) mass is 337 g/mol. The van der Waals surface area contributed by atoms with Crippen LogP contribution in [0, 0.1) is 0 Å². The number of benzene rings is 1. The molecule has 1 aromatic carbocycles. The van der Waals surface area contributed by atoms with Crippen molar-refractivity contribution in [1.29, 1.82) is 0 Å². The summed E-state index contributed by atoms with van der Waals surface area (Å²) in [6.45, 7) is 1.33. The second kappa shape index (κ2) is 6.30. The average Bonchev–Trinajstić information content (AvgIpc) is 2.57. The molecule has 1 aromatic heterocycles. The van der Waals surface area contributed by atoms with E-state index in [4.69, 9.17) is 0 Å². The van der Waals surface area contributed by atoms with Crippen molar-refractivity contribution in [3.63, 3.8) is 0 Å². The van der Waals surface area contributed by atoms with Crippen LogP contribution in [-0.2, 0) is 13.2 Å². The molecule has 0 N–H and O–H groups in total. The summed E-state index contributed by atoms with van der Waals surface area (Å²) in [5.74, 6) is 0.641. The maximum absolute atomic E-state index is 12.6. The number of piperidine rings is 1. The van der Waals surface area contributed by atoms with Gasteiger partial charge < -0.3 is 9.47 Å². The highest BCUT2D eigenvalue weighted by Crippen LogP contribution is 2.33. The molecule has 1 aliphatic rings. The zero-order chi connectivity index (χ0) is 17.3. The zero-order valence-corrected chi connectivity index (χ0v) is 13.3. The number of alkyl halides is 3. The SMILES string of the molecule is Cn1ccnc(N2CCC(c3ccc(C(F)(F)F)cc3)CC2)c1=O. The largest absolute Gasteiger partial charge is 0.416 e. The van der Waals surface area contributed by atoms with Gasteiger partial charge in [0, 0.05) is 32.5 Å². The Hall–Kier alpha value is -2.31. The van der Waals surface area contributed by atoms with Gasteiger partial charge in [-0.05, 0) is 36.5 Å². The normalized spacial score (nSPS) is 16.4. The molecular weight excluding hydrogens is 319 g/mol. The fourth-order valence-electron chi connectivity index (χ4n) is 3.07. The van der Waals surface area contributed by atoms with Crippen LogP contribution in [0.4, 0.5) is 19.0 Å². The summed E-state index contributed by atoms with van der Waals surface area (Å²) in [6, 6.07) is 5.39. The molecule has 128 valence electrons. The van der Waals surface area contributed by atoms with Gasteiger partial charge in [0.25, 0.3) is 5.56 Å². The van der Waals surface area contributed by atoms with Gasteiger partial charge in [0.2, 0.25) is 0 Å². The average molecular weight is 337 g/mol. The smallest absolute Gasteiger partial charge is 0.352 e. The summed E-state index contributed by atoms with van der Waals surface area (Å²) in [7, 11) is 1.68. The molecule has 1 saturated heterocycles. The number of nitrogens with zero attached hydrogens (tertiary/aromatic N) is 3. The van der Waals surface area contributed by atoms with E-state index in [1.165, 1.54) is 4.57 Å². The standard InChI is InChI=1S/C17H18F3N3O/c1-22-11-8-21-15(16(22)24)23-9-6-13(7-10-23)12-2-4-14(5-3-12)17(18,19)20/h2-5,8,11,13H,6-7,9-10H2,1H3. The highest BCUT2D eigenvalue weighted by atomic mass is 19.4. The van der Waals surface area contributed by atoms with E-state index in [1.807, 2.05) is 4.90 Å². The molecule has 1 fully saturated rings. The lowest BCUT2D eigenvalue weighted by molar-refractivity contribution is -0.137. The number of anilines is 1. The van der Waals surface area contributed by atoms with Gasteiger partial charge in [-0.25, -0.2) is 4.98 Å². The van der Waals surface area contributed by atoms with Crippen molar-refractivity contribution in [2.45, 2.75) is 24.9 Å². The highest BCUT2D eigenvalue weighted by molar-refractivity contribution is 5.37. The number of halogens is 3. The minimum atomic E-state index is -4.30. The minimum Gasteiger partial charge on any atom is -0.352 e. The van der Waals surface area contributed by atoms with Crippen LogP contribution in [0.15, 0.2) is 41.5 Å². The van der Waals surface area contributed by atoms with E-state index < -0.39 is 11.7 Å². The van der Waals surface area contributed by atoms with E-state index >= 15 is 0 Å². The molecule has 0 amide bonds. The van der Waals surface area contributed by atoms with Gasteiger partial charge in [-0.3, -0.25) is 4.79 Å². The zero-order valence-electron chi connectivity index (χ0n) is 13.3. The van der Waals surface area contributed by atoms with Crippen LogP contribution in [0.2, 0.25) is 0 Å². The van der Waals surface area contributed by atoms with Gasteiger partial charge in [-0.15, -0.1) is 0 Å². The summed E-state index contributed by atoms with van der Waals surface area (Å²) >= 11 is 0. The Bertz CT molecular complexity index is 760. The van der Waals surface area contributed by atoms with E-state index in [-0.39, 0.29) is 11.5 Å². The fourth-order valence-corrected chi connectivity index (χ4v) is 3.07. The number of rotatable bonds is 2. The van der Waals surface area contributed by atoms with Crippen molar-refractivity contribution >= 4 is 5.82 Å². The molecule has 0 saturated carbocycles. The molecule has 2 aromatic rings. The number of aryl methyl sites for hydroxylation is 1.